The Kier molecular flexibility index (Phi) is 3.33. The van der Waals surface area contributed by atoms with E-state index in [2.05, 4.69) is 10.5 Å². The summed E-state index contributed by atoms with van der Waals surface area (Å²) in [6, 6.07) is 1.48. The summed E-state index contributed by atoms with van der Waals surface area (Å²) in [4.78, 5) is 13.9. The molecule has 1 aliphatic rings. The van der Waals surface area contributed by atoms with Gasteiger partial charge in [0.25, 0.3) is 5.91 Å². The molecular formula is C11H15N3O2S. The van der Waals surface area contributed by atoms with Gasteiger partial charge in [-0.15, -0.1) is 11.3 Å². The zero-order valence-electron chi connectivity index (χ0n) is 9.56. The van der Waals surface area contributed by atoms with Crippen LogP contribution in [0.4, 0.5) is 0 Å². The number of fused-ring (bicyclic) bond motifs is 1. The summed E-state index contributed by atoms with van der Waals surface area (Å²) < 4.78 is 0. The highest BCUT2D eigenvalue weighted by molar-refractivity contribution is 7.14. The highest BCUT2D eigenvalue weighted by atomic mass is 32.1. The van der Waals surface area contributed by atoms with Gasteiger partial charge < -0.3 is 16.3 Å². The molecule has 1 unspecified atom stereocenters. The first-order chi connectivity index (χ1) is 8.11. The molecule has 6 heteroatoms. The minimum absolute atomic E-state index is 0.00227. The van der Waals surface area contributed by atoms with E-state index in [1.807, 2.05) is 6.07 Å². The van der Waals surface area contributed by atoms with Crippen molar-refractivity contribution < 1.29 is 10.0 Å². The zero-order valence-corrected chi connectivity index (χ0v) is 10.4. The lowest BCUT2D eigenvalue weighted by atomic mass is 10.2. The van der Waals surface area contributed by atoms with Crippen molar-refractivity contribution in [3.8, 4) is 0 Å². The number of amidine groups is 1. The van der Waals surface area contributed by atoms with E-state index in [1.54, 1.807) is 6.92 Å². The SMILES string of the molecule is CC(NC(=O)c1cc2c(s1)CCC2)/C(N)=N/O. The fourth-order valence-electron chi connectivity index (χ4n) is 1.87. The molecule has 17 heavy (non-hydrogen) atoms. The second-order valence-electron chi connectivity index (χ2n) is 4.13. The van der Waals surface area contributed by atoms with E-state index in [0.29, 0.717) is 4.88 Å². The van der Waals surface area contributed by atoms with E-state index in [-0.39, 0.29) is 11.7 Å². The number of nitrogens with two attached hydrogens (primary N) is 1. The second-order valence-corrected chi connectivity index (χ2v) is 5.27. The predicted octanol–water partition coefficient (Wildman–Crippen LogP) is 1.10. The van der Waals surface area contributed by atoms with Crippen LogP contribution in [0.1, 0.15) is 33.5 Å². The Balaban J connectivity index is 2.05. The second kappa shape index (κ2) is 4.75. The summed E-state index contributed by atoms with van der Waals surface area (Å²) >= 11 is 1.54. The van der Waals surface area contributed by atoms with Crippen LogP contribution in [0, 0.1) is 0 Å². The number of carbonyl (C=O) groups is 1. The number of thiophene rings is 1. The van der Waals surface area contributed by atoms with Gasteiger partial charge in [0.15, 0.2) is 5.84 Å². The molecule has 0 bridgehead atoms. The van der Waals surface area contributed by atoms with E-state index in [0.717, 1.165) is 12.8 Å². The van der Waals surface area contributed by atoms with Crippen molar-refractivity contribution in [1.82, 2.24) is 5.32 Å². The van der Waals surface area contributed by atoms with E-state index in [4.69, 9.17) is 10.9 Å². The summed E-state index contributed by atoms with van der Waals surface area (Å²) in [5.41, 5.74) is 6.69. The molecule has 5 nitrogen and oxygen atoms in total. The Morgan fingerprint density at radius 1 is 1.65 bits per heavy atom. The molecule has 1 amide bonds. The molecule has 0 saturated heterocycles. The average molecular weight is 253 g/mol. The van der Waals surface area contributed by atoms with Crippen molar-refractivity contribution in [2.75, 3.05) is 0 Å². The van der Waals surface area contributed by atoms with Crippen molar-refractivity contribution in [2.24, 2.45) is 10.9 Å². The fraction of sp³-hybridized carbons (Fsp3) is 0.455. The number of hydrogen-bond acceptors (Lipinski definition) is 4. The van der Waals surface area contributed by atoms with Crippen LogP contribution >= 0.6 is 11.3 Å². The fourth-order valence-corrected chi connectivity index (χ4v) is 3.03. The van der Waals surface area contributed by atoms with Crippen LogP contribution in [0.5, 0.6) is 0 Å². The summed E-state index contributed by atoms with van der Waals surface area (Å²) in [5, 5.41) is 14.1. The number of aryl methyl sites for hydroxylation is 2. The van der Waals surface area contributed by atoms with Gasteiger partial charge in [-0.05, 0) is 37.8 Å². The first-order valence-electron chi connectivity index (χ1n) is 5.51. The quantitative estimate of drug-likeness (QED) is 0.326. The maximum absolute atomic E-state index is 11.9. The van der Waals surface area contributed by atoms with E-state index in [9.17, 15) is 4.79 Å². The van der Waals surface area contributed by atoms with E-state index < -0.39 is 6.04 Å². The summed E-state index contributed by atoms with van der Waals surface area (Å²) in [7, 11) is 0. The number of nitrogens with one attached hydrogen (secondary N) is 1. The zero-order chi connectivity index (χ0) is 12.4. The monoisotopic (exact) mass is 253 g/mol. The minimum atomic E-state index is -0.468. The molecule has 1 aromatic heterocycles. The van der Waals surface area contributed by atoms with Gasteiger partial charge in [-0.3, -0.25) is 4.79 Å². The number of rotatable bonds is 3. The molecule has 1 aliphatic carbocycles. The Hall–Kier alpha value is -1.56. The van der Waals surface area contributed by atoms with Gasteiger partial charge in [-0.25, -0.2) is 0 Å². The van der Waals surface area contributed by atoms with Gasteiger partial charge in [0.05, 0.1) is 10.9 Å². The number of hydrogen-bond donors (Lipinski definition) is 3. The summed E-state index contributed by atoms with van der Waals surface area (Å²) in [6.45, 7) is 1.67. The maximum Gasteiger partial charge on any atom is 0.261 e. The van der Waals surface area contributed by atoms with Gasteiger partial charge in [0, 0.05) is 4.88 Å². The van der Waals surface area contributed by atoms with Gasteiger partial charge in [-0.1, -0.05) is 5.16 Å². The molecule has 0 radical (unpaired) electrons. The average Bonchev–Trinajstić information content (AvgIpc) is 2.87. The lowest BCUT2D eigenvalue weighted by molar-refractivity contribution is 0.0952. The standard InChI is InChI=1S/C11H15N3O2S/c1-6(10(12)14-16)13-11(15)9-5-7-3-2-4-8(7)17-9/h5-6,16H,2-4H2,1H3,(H2,12,14)(H,13,15). The van der Waals surface area contributed by atoms with Crippen LogP contribution in [0.15, 0.2) is 11.2 Å². The van der Waals surface area contributed by atoms with E-state index >= 15 is 0 Å². The summed E-state index contributed by atoms with van der Waals surface area (Å²) in [5.74, 6) is -0.161. The van der Waals surface area contributed by atoms with Crippen LogP contribution in [0.25, 0.3) is 0 Å². The Morgan fingerprint density at radius 2 is 2.41 bits per heavy atom. The number of nitrogens with zero attached hydrogens (tertiary/aromatic N) is 1. The Morgan fingerprint density at radius 3 is 3.06 bits per heavy atom. The summed E-state index contributed by atoms with van der Waals surface area (Å²) in [6.07, 6.45) is 3.32. The molecule has 0 spiro atoms. The van der Waals surface area contributed by atoms with Crippen LogP contribution in [0.2, 0.25) is 0 Å². The molecule has 1 heterocycles. The molecule has 92 valence electrons. The van der Waals surface area contributed by atoms with Crippen LogP contribution < -0.4 is 11.1 Å². The lowest BCUT2D eigenvalue weighted by Gasteiger charge is -2.10. The van der Waals surface area contributed by atoms with Gasteiger partial charge in [-0.2, -0.15) is 0 Å². The van der Waals surface area contributed by atoms with Crippen molar-refractivity contribution in [2.45, 2.75) is 32.2 Å². The molecule has 0 saturated carbocycles. The molecule has 1 atom stereocenters. The largest absolute Gasteiger partial charge is 0.409 e. The van der Waals surface area contributed by atoms with Crippen LogP contribution in [-0.2, 0) is 12.8 Å². The van der Waals surface area contributed by atoms with Gasteiger partial charge in [0.2, 0.25) is 0 Å². The van der Waals surface area contributed by atoms with Crippen LogP contribution in [0.3, 0.4) is 0 Å². The lowest BCUT2D eigenvalue weighted by Crippen LogP contribution is -2.42. The molecule has 0 fully saturated rings. The molecular weight excluding hydrogens is 238 g/mol. The van der Waals surface area contributed by atoms with Crippen molar-refractivity contribution in [3.05, 3.63) is 21.4 Å². The molecule has 1 aromatic rings. The maximum atomic E-state index is 11.9. The molecule has 0 aromatic carbocycles. The van der Waals surface area contributed by atoms with Crippen molar-refractivity contribution >= 4 is 23.1 Å². The number of amides is 1. The molecule has 0 aliphatic heterocycles. The van der Waals surface area contributed by atoms with E-state index in [1.165, 1.54) is 28.2 Å². The molecule has 2 rings (SSSR count). The number of oxime groups is 1. The normalized spacial score (nSPS) is 16.6. The minimum Gasteiger partial charge on any atom is -0.409 e. The smallest absolute Gasteiger partial charge is 0.261 e. The Bertz CT molecular complexity index is 446. The highest BCUT2D eigenvalue weighted by Gasteiger charge is 2.20. The van der Waals surface area contributed by atoms with Gasteiger partial charge in [0.1, 0.15) is 0 Å². The van der Waals surface area contributed by atoms with Crippen LogP contribution in [-0.4, -0.2) is 23.0 Å². The third kappa shape index (κ3) is 2.41. The molecule has 4 N–H and O–H groups in total. The van der Waals surface area contributed by atoms with Gasteiger partial charge >= 0.3 is 0 Å². The predicted molar refractivity (Wildman–Crippen MR) is 66.7 cm³/mol. The topological polar surface area (TPSA) is 87.7 Å². The van der Waals surface area contributed by atoms with Crippen molar-refractivity contribution in [3.63, 3.8) is 0 Å². The third-order valence-corrected chi connectivity index (χ3v) is 4.11. The number of carbonyl (C=O) groups excluding carboxylic acids is 1. The highest BCUT2D eigenvalue weighted by Crippen LogP contribution is 2.30. The third-order valence-electron chi connectivity index (χ3n) is 2.88. The Labute approximate surface area is 103 Å². The first kappa shape index (κ1) is 11.9. The van der Waals surface area contributed by atoms with Crippen molar-refractivity contribution in [1.29, 1.82) is 0 Å². The first-order valence-corrected chi connectivity index (χ1v) is 6.33.